The molecule has 8 nitrogen and oxygen atoms in total. The first-order valence-electron chi connectivity index (χ1n) is 11.6. The number of carbonyl (C=O) groups excluding carboxylic acids is 3. The van der Waals surface area contributed by atoms with Gasteiger partial charge in [-0.15, -0.1) is 0 Å². The van der Waals surface area contributed by atoms with Gasteiger partial charge in [0.1, 0.15) is 17.8 Å². The molecule has 1 spiro atoms. The topological polar surface area (TPSA) is 118 Å². The maximum Gasteiger partial charge on any atom is 0.270 e. The van der Waals surface area contributed by atoms with E-state index in [9.17, 15) is 19.6 Å². The minimum atomic E-state index is -1.69. The van der Waals surface area contributed by atoms with Crippen LogP contribution in [-0.4, -0.2) is 59.5 Å². The molecule has 3 aliphatic rings. The standard InChI is InChI=1S/C23H33N5O3Si/c1-15-6-7-18(25-15)22(31)28-14-32(8-4-5-9-32)13-19(28)21(30)26-17(12-24)10-16-11-23(2,3)27-20(16)29/h6-7,16-17,19,25H,4-5,8-11,13-14H2,1-3H3,(H,26,30)(H,27,29). The summed E-state index contributed by atoms with van der Waals surface area (Å²) in [5.41, 5.74) is 1.12. The third kappa shape index (κ3) is 4.46. The third-order valence-electron chi connectivity index (χ3n) is 7.38. The van der Waals surface area contributed by atoms with Crippen molar-refractivity contribution in [3.8, 4) is 6.07 Å². The van der Waals surface area contributed by atoms with Crippen molar-refractivity contribution in [3.63, 3.8) is 0 Å². The van der Waals surface area contributed by atoms with Crippen molar-refractivity contribution in [3.05, 3.63) is 23.5 Å². The highest BCUT2D eigenvalue weighted by atomic mass is 28.3. The van der Waals surface area contributed by atoms with Gasteiger partial charge in [0, 0.05) is 23.3 Å². The van der Waals surface area contributed by atoms with Crippen LogP contribution in [0.5, 0.6) is 0 Å². The predicted molar refractivity (Wildman–Crippen MR) is 122 cm³/mol. The van der Waals surface area contributed by atoms with Crippen LogP contribution in [0.1, 0.15) is 55.7 Å². The zero-order valence-corrected chi connectivity index (χ0v) is 20.2. The first kappa shape index (κ1) is 22.6. The Morgan fingerprint density at radius 1 is 1.34 bits per heavy atom. The molecule has 0 aromatic carbocycles. The number of nitrogens with one attached hydrogen (secondary N) is 3. The monoisotopic (exact) mass is 455 g/mol. The summed E-state index contributed by atoms with van der Waals surface area (Å²) in [5.74, 6) is -0.766. The van der Waals surface area contributed by atoms with Gasteiger partial charge >= 0.3 is 0 Å². The summed E-state index contributed by atoms with van der Waals surface area (Å²) in [5, 5.41) is 15.5. The maximum absolute atomic E-state index is 13.3. The molecule has 4 rings (SSSR count). The van der Waals surface area contributed by atoms with Crippen molar-refractivity contribution < 1.29 is 14.4 Å². The fraction of sp³-hybridized carbons (Fsp3) is 0.652. The van der Waals surface area contributed by atoms with Crippen molar-refractivity contribution in [1.29, 1.82) is 5.26 Å². The van der Waals surface area contributed by atoms with E-state index in [2.05, 4.69) is 21.7 Å². The number of aromatic nitrogens is 1. The highest BCUT2D eigenvalue weighted by Crippen LogP contribution is 2.41. The molecule has 9 heteroatoms. The lowest BCUT2D eigenvalue weighted by atomic mass is 9.92. The van der Waals surface area contributed by atoms with E-state index in [4.69, 9.17) is 0 Å². The van der Waals surface area contributed by atoms with E-state index in [0.717, 1.165) is 23.8 Å². The molecule has 3 aliphatic heterocycles. The van der Waals surface area contributed by atoms with E-state index in [1.165, 1.54) is 12.8 Å². The van der Waals surface area contributed by atoms with Crippen LogP contribution in [-0.2, 0) is 9.59 Å². The van der Waals surface area contributed by atoms with E-state index in [1.807, 2.05) is 26.8 Å². The van der Waals surface area contributed by atoms with Crippen molar-refractivity contribution in [2.45, 2.75) is 82.2 Å². The first-order valence-corrected chi connectivity index (χ1v) is 14.4. The molecule has 4 heterocycles. The van der Waals surface area contributed by atoms with Gasteiger partial charge in [0.15, 0.2) is 0 Å². The second-order valence-corrected chi connectivity index (χ2v) is 15.3. The van der Waals surface area contributed by atoms with Crippen molar-refractivity contribution in [2.75, 3.05) is 6.17 Å². The fourth-order valence-corrected chi connectivity index (χ4v) is 11.3. The summed E-state index contributed by atoms with van der Waals surface area (Å²) < 4.78 is 0. The Kier molecular flexibility index (Phi) is 5.92. The molecule has 32 heavy (non-hydrogen) atoms. The number of hydrogen-bond acceptors (Lipinski definition) is 4. The highest BCUT2D eigenvalue weighted by Gasteiger charge is 2.51. The normalized spacial score (nSPS) is 26.7. The second kappa shape index (κ2) is 8.39. The molecular formula is C23H33N5O3Si. The predicted octanol–water partition coefficient (Wildman–Crippen LogP) is 2.24. The van der Waals surface area contributed by atoms with Gasteiger partial charge in [-0.25, -0.2) is 0 Å². The fourth-order valence-electron chi connectivity index (χ4n) is 5.86. The van der Waals surface area contributed by atoms with Crippen LogP contribution in [0.4, 0.5) is 0 Å². The smallest absolute Gasteiger partial charge is 0.270 e. The maximum atomic E-state index is 13.3. The Labute approximate surface area is 190 Å². The van der Waals surface area contributed by atoms with Gasteiger partial charge in [0.05, 0.1) is 14.1 Å². The Bertz CT molecular complexity index is 959. The molecule has 3 unspecified atom stereocenters. The number of amides is 3. The van der Waals surface area contributed by atoms with Gasteiger partial charge in [-0.3, -0.25) is 14.4 Å². The summed E-state index contributed by atoms with van der Waals surface area (Å²) in [4.78, 5) is 43.7. The van der Waals surface area contributed by atoms with Gasteiger partial charge in [0.25, 0.3) is 5.91 Å². The number of H-pyrrole nitrogens is 1. The van der Waals surface area contributed by atoms with Crippen molar-refractivity contribution in [1.82, 2.24) is 20.5 Å². The Morgan fingerprint density at radius 2 is 2.06 bits per heavy atom. The van der Waals surface area contributed by atoms with Crippen LogP contribution in [0.3, 0.4) is 0 Å². The highest BCUT2D eigenvalue weighted by molar-refractivity contribution is 6.82. The lowest BCUT2D eigenvalue weighted by Crippen LogP contribution is -2.49. The molecule has 172 valence electrons. The minimum absolute atomic E-state index is 0.0680. The number of aromatic amines is 1. The second-order valence-electron chi connectivity index (χ2n) is 10.6. The van der Waals surface area contributed by atoms with Gasteiger partial charge in [-0.2, -0.15) is 5.26 Å². The summed E-state index contributed by atoms with van der Waals surface area (Å²) in [6.45, 7) is 5.82. The number of nitriles is 1. The van der Waals surface area contributed by atoms with Gasteiger partial charge in [-0.05, 0) is 51.8 Å². The number of carbonyl (C=O) groups is 3. The molecule has 3 N–H and O–H groups in total. The van der Waals surface area contributed by atoms with E-state index in [1.54, 1.807) is 11.0 Å². The van der Waals surface area contributed by atoms with Crippen LogP contribution >= 0.6 is 0 Å². The van der Waals surface area contributed by atoms with Crippen molar-refractivity contribution in [2.24, 2.45) is 5.92 Å². The molecule has 0 bridgehead atoms. The zero-order valence-electron chi connectivity index (χ0n) is 19.2. The number of rotatable bonds is 5. The molecule has 3 fully saturated rings. The van der Waals surface area contributed by atoms with Gasteiger partial charge in [0.2, 0.25) is 11.8 Å². The molecule has 3 amide bonds. The van der Waals surface area contributed by atoms with E-state index in [-0.39, 0.29) is 35.6 Å². The average Bonchev–Trinajstić information content (AvgIpc) is 3.50. The largest absolute Gasteiger partial charge is 0.355 e. The van der Waals surface area contributed by atoms with Crippen molar-refractivity contribution >= 4 is 25.8 Å². The number of hydrogen-bond donors (Lipinski definition) is 3. The SMILES string of the molecule is Cc1ccc(C(=O)N2C[Si]3(CCCC3)CC2C(=O)NC(C#N)CC2CC(C)(C)NC2=O)[nH]1. The van der Waals surface area contributed by atoms with Gasteiger partial charge < -0.3 is 20.5 Å². The van der Waals surface area contributed by atoms with Crippen LogP contribution in [0.25, 0.3) is 0 Å². The Morgan fingerprint density at radius 3 is 2.62 bits per heavy atom. The Balaban J connectivity index is 1.48. The average molecular weight is 456 g/mol. The first-order chi connectivity index (χ1) is 15.1. The Hall–Kier alpha value is -2.60. The lowest BCUT2D eigenvalue weighted by molar-refractivity contribution is -0.126. The van der Waals surface area contributed by atoms with E-state index < -0.39 is 20.2 Å². The zero-order chi connectivity index (χ0) is 23.1. The number of aryl methyl sites for hydroxylation is 1. The molecule has 0 aliphatic carbocycles. The molecular weight excluding hydrogens is 422 g/mol. The summed E-state index contributed by atoms with van der Waals surface area (Å²) in [6.07, 6.45) is 3.99. The lowest BCUT2D eigenvalue weighted by Gasteiger charge is -2.25. The third-order valence-corrected chi connectivity index (χ3v) is 12.5. The molecule has 1 aromatic rings. The van der Waals surface area contributed by atoms with E-state index in [0.29, 0.717) is 18.3 Å². The van der Waals surface area contributed by atoms with Crippen LogP contribution < -0.4 is 10.6 Å². The van der Waals surface area contributed by atoms with Crippen LogP contribution in [0, 0.1) is 24.2 Å². The molecule has 0 saturated carbocycles. The molecule has 3 atom stereocenters. The molecule has 3 saturated heterocycles. The van der Waals surface area contributed by atoms with Crippen LogP contribution in [0.15, 0.2) is 12.1 Å². The number of nitrogens with zero attached hydrogens (tertiary/aromatic N) is 2. The molecule has 1 aromatic heterocycles. The van der Waals surface area contributed by atoms with Gasteiger partial charge in [-0.1, -0.05) is 24.9 Å². The van der Waals surface area contributed by atoms with E-state index >= 15 is 0 Å². The summed E-state index contributed by atoms with van der Waals surface area (Å²) in [6, 6.07) is 7.58. The van der Waals surface area contributed by atoms with Crippen LogP contribution in [0.2, 0.25) is 18.1 Å². The summed E-state index contributed by atoms with van der Waals surface area (Å²) in [7, 11) is -1.69. The quantitative estimate of drug-likeness (QED) is 0.590. The summed E-state index contributed by atoms with van der Waals surface area (Å²) >= 11 is 0. The molecule has 0 radical (unpaired) electrons. The minimum Gasteiger partial charge on any atom is -0.355 e.